The van der Waals surface area contributed by atoms with E-state index in [1.54, 1.807) is 22.9 Å². The van der Waals surface area contributed by atoms with Crippen LogP contribution in [0.2, 0.25) is 0 Å². The lowest BCUT2D eigenvalue weighted by atomic mass is 9.89. The lowest BCUT2D eigenvalue weighted by Crippen LogP contribution is -2.21. The zero-order valence-corrected chi connectivity index (χ0v) is 22.2. The molecule has 0 amide bonds. The molecular weight excluding hydrogens is 572 g/mol. The number of halogens is 6. The average molecular weight is 598 g/mol. The monoisotopic (exact) mass is 597 g/mol. The molecule has 1 fully saturated rings. The molecule has 0 atom stereocenters. The molecule has 0 unspecified atom stereocenters. The van der Waals surface area contributed by atoms with Crippen LogP contribution in [0.25, 0.3) is 21.5 Å². The summed E-state index contributed by atoms with van der Waals surface area (Å²) in [5, 5.41) is 13.7. The Morgan fingerprint density at radius 1 is 0.951 bits per heavy atom. The number of hydrogen-bond donors (Lipinski definition) is 3. The van der Waals surface area contributed by atoms with E-state index < -0.39 is 23.9 Å². The third-order valence-corrected chi connectivity index (χ3v) is 7.23. The van der Waals surface area contributed by atoms with Crippen molar-refractivity contribution < 1.29 is 36.2 Å². The number of carboxylic acids is 1. The number of nitrogens with one attached hydrogen (secondary N) is 2. The van der Waals surface area contributed by atoms with E-state index in [1.165, 1.54) is 37.7 Å². The summed E-state index contributed by atoms with van der Waals surface area (Å²) in [7, 11) is 0. The maximum Gasteiger partial charge on any atom is 0.490 e. The highest BCUT2D eigenvalue weighted by atomic mass is 32.1. The molecule has 3 N–H and O–H groups in total. The van der Waals surface area contributed by atoms with E-state index in [0.29, 0.717) is 35.2 Å². The first kappa shape index (κ1) is 30.0. The van der Waals surface area contributed by atoms with Gasteiger partial charge in [0.15, 0.2) is 0 Å². The van der Waals surface area contributed by atoms with Gasteiger partial charge < -0.3 is 15.7 Å². The topological polar surface area (TPSA) is 100 Å². The van der Waals surface area contributed by atoms with Crippen LogP contribution < -0.4 is 10.6 Å². The van der Waals surface area contributed by atoms with Crippen LogP contribution in [0.3, 0.4) is 0 Å². The molecule has 0 saturated heterocycles. The number of carbonyl (C=O) groups is 1. The molecule has 4 aromatic rings. The second-order valence-corrected chi connectivity index (χ2v) is 10.3. The third-order valence-electron chi connectivity index (χ3n) is 6.44. The maximum absolute atomic E-state index is 13.4. The van der Waals surface area contributed by atoms with Gasteiger partial charge in [0.1, 0.15) is 12.1 Å². The number of hydrogen-bond acceptors (Lipinski definition) is 7. The fourth-order valence-corrected chi connectivity index (χ4v) is 5.11. The van der Waals surface area contributed by atoms with Crippen molar-refractivity contribution in [1.82, 2.24) is 15.0 Å². The third kappa shape index (κ3) is 8.28. The fourth-order valence-electron chi connectivity index (χ4n) is 4.39. The summed E-state index contributed by atoms with van der Waals surface area (Å²) in [6.45, 7) is 0.652. The molecule has 2 aromatic heterocycles. The predicted molar refractivity (Wildman–Crippen MR) is 144 cm³/mol. The van der Waals surface area contributed by atoms with Gasteiger partial charge in [-0.2, -0.15) is 26.3 Å². The number of aliphatic carboxylic acids is 1. The number of rotatable bonds is 6. The molecular formula is C27H25F6N5O2S. The van der Waals surface area contributed by atoms with Crippen molar-refractivity contribution in [3.05, 3.63) is 59.9 Å². The number of carboxylic acid groups (broad SMARTS) is 1. The van der Waals surface area contributed by atoms with Gasteiger partial charge in [-0.3, -0.25) is 0 Å². The van der Waals surface area contributed by atoms with E-state index in [0.717, 1.165) is 34.8 Å². The maximum atomic E-state index is 13.4. The summed E-state index contributed by atoms with van der Waals surface area (Å²) in [6, 6.07) is 11.4. The highest BCUT2D eigenvalue weighted by Crippen LogP contribution is 2.36. The number of fused-ring (bicyclic) bond motifs is 1. The molecule has 0 radical (unpaired) electrons. The molecule has 2 aromatic carbocycles. The Morgan fingerprint density at radius 3 is 2.37 bits per heavy atom. The first-order chi connectivity index (χ1) is 19.4. The minimum atomic E-state index is -5.08. The van der Waals surface area contributed by atoms with Crippen LogP contribution in [0, 0.1) is 5.92 Å². The van der Waals surface area contributed by atoms with Crippen molar-refractivity contribution in [3.8, 4) is 11.3 Å². The number of thiazole rings is 1. The standard InChI is InChI=1S/C25H24F3N5S.C2HF3O2/c26-25(27,28)17-6-8-19(21(10-17)29-13-16-4-2-1-3-5-16)22-12-24(31-14-30-22)33-18-7-9-20-23(11-18)34-15-32-20;3-2(4,5)1(6)7/h6-12,14-16,29H,1-5,13H2,(H,30,31,33);(H,6,7). The van der Waals surface area contributed by atoms with Crippen LogP contribution >= 0.6 is 11.3 Å². The summed E-state index contributed by atoms with van der Waals surface area (Å²) in [5.74, 6) is -1.72. The summed E-state index contributed by atoms with van der Waals surface area (Å²) in [5.41, 5.74) is 4.51. The Bertz CT molecular complexity index is 1490. The van der Waals surface area contributed by atoms with Crippen molar-refractivity contribution in [2.24, 2.45) is 5.92 Å². The van der Waals surface area contributed by atoms with E-state index in [-0.39, 0.29) is 0 Å². The lowest BCUT2D eigenvalue weighted by molar-refractivity contribution is -0.192. The minimum absolute atomic E-state index is 0.441. The van der Waals surface area contributed by atoms with Crippen molar-refractivity contribution >= 4 is 44.7 Å². The largest absolute Gasteiger partial charge is 0.490 e. The van der Waals surface area contributed by atoms with Gasteiger partial charge in [0, 0.05) is 29.5 Å². The quantitative estimate of drug-likeness (QED) is 0.193. The number of aromatic nitrogens is 3. The molecule has 1 aliphatic rings. The molecule has 14 heteroatoms. The van der Waals surface area contributed by atoms with Gasteiger partial charge in [0.25, 0.3) is 0 Å². The van der Waals surface area contributed by atoms with Gasteiger partial charge >= 0.3 is 18.3 Å². The summed E-state index contributed by atoms with van der Waals surface area (Å²) in [6.07, 6.45) is -2.27. The molecule has 0 spiro atoms. The first-order valence-electron chi connectivity index (χ1n) is 12.6. The SMILES string of the molecule is FC(F)(F)c1ccc(-c2cc(Nc3ccc4ncsc4c3)ncn2)c(NCC2CCCCC2)c1.O=C(O)C(F)(F)F. The van der Waals surface area contributed by atoms with Crippen molar-refractivity contribution in [2.45, 2.75) is 44.5 Å². The zero-order chi connectivity index (χ0) is 29.6. The van der Waals surface area contributed by atoms with E-state index in [4.69, 9.17) is 9.90 Å². The molecule has 0 bridgehead atoms. The van der Waals surface area contributed by atoms with Crippen molar-refractivity contribution in [2.75, 3.05) is 17.2 Å². The fraction of sp³-hybridized carbons (Fsp3) is 0.333. The van der Waals surface area contributed by atoms with Gasteiger partial charge in [0.05, 0.1) is 27.0 Å². The van der Waals surface area contributed by atoms with E-state index in [2.05, 4.69) is 25.6 Å². The molecule has 0 aliphatic heterocycles. The average Bonchev–Trinajstić information content (AvgIpc) is 3.40. The van der Waals surface area contributed by atoms with Crippen molar-refractivity contribution in [1.29, 1.82) is 0 Å². The molecule has 1 saturated carbocycles. The van der Waals surface area contributed by atoms with Gasteiger partial charge in [-0.25, -0.2) is 19.7 Å². The molecule has 5 rings (SSSR count). The smallest absolute Gasteiger partial charge is 0.475 e. The normalized spacial score (nSPS) is 14.3. The Morgan fingerprint density at radius 2 is 1.68 bits per heavy atom. The van der Waals surface area contributed by atoms with E-state index in [1.807, 2.05) is 18.2 Å². The number of nitrogens with zero attached hydrogens (tertiary/aromatic N) is 3. The van der Waals surface area contributed by atoms with Crippen LogP contribution in [0.15, 0.2) is 54.3 Å². The number of benzene rings is 2. The highest BCUT2D eigenvalue weighted by Gasteiger charge is 2.38. The van der Waals surface area contributed by atoms with Crippen molar-refractivity contribution in [3.63, 3.8) is 0 Å². The lowest BCUT2D eigenvalue weighted by Gasteiger charge is -2.23. The van der Waals surface area contributed by atoms with Gasteiger partial charge in [-0.15, -0.1) is 11.3 Å². The molecule has 1 aliphatic carbocycles. The zero-order valence-electron chi connectivity index (χ0n) is 21.4. The van der Waals surface area contributed by atoms with Gasteiger partial charge in [-0.05, 0) is 49.1 Å². The summed E-state index contributed by atoms with van der Waals surface area (Å²) in [4.78, 5) is 21.8. The second kappa shape index (κ2) is 12.7. The molecule has 7 nitrogen and oxygen atoms in total. The summed E-state index contributed by atoms with van der Waals surface area (Å²) >= 11 is 1.55. The highest BCUT2D eigenvalue weighted by molar-refractivity contribution is 7.16. The van der Waals surface area contributed by atoms with Gasteiger partial charge in [0.2, 0.25) is 0 Å². The van der Waals surface area contributed by atoms with E-state index >= 15 is 0 Å². The number of anilines is 3. The Labute approximate surface area is 234 Å². The van der Waals surface area contributed by atoms with Crippen LogP contribution in [-0.2, 0) is 11.0 Å². The Kier molecular flexibility index (Phi) is 9.31. The second-order valence-electron chi connectivity index (χ2n) is 9.39. The first-order valence-corrected chi connectivity index (χ1v) is 13.5. The number of alkyl halides is 6. The Balaban J connectivity index is 0.000000493. The van der Waals surface area contributed by atoms with Crippen LogP contribution in [0.5, 0.6) is 0 Å². The van der Waals surface area contributed by atoms with Gasteiger partial charge in [-0.1, -0.05) is 25.3 Å². The minimum Gasteiger partial charge on any atom is -0.475 e. The molecule has 218 valence electrons. The van der Waals surface area contributed by atoms with E-state index in [9.17, 15) is 26.3 Å². The van der Waals surface area contributed by atoms with Crippen LogP contribution in [0.1, 0.15) is 37.7 Å². The molecule has 41 heavy (non-hydrogen) atoms. The molecule has 2 heterocycles. The van der Waals surface area contributed by atoms with Crippen LogP contribution in [-0.4, -0.2) is 38.7 Å². The Hall–Kier alpha value is -3.94. The predicted octanol–water partition coefficient (Wildman–Crippen LogP) is 8.14. The van der Waals surface area contributed by atoms with Crippen LogP contribution in [0.4, 0.5) is 43.5 Å². The summed E-state index contributed by atoms with van der Waals surface area (Å²) < 4.78 is 73.1.